The number of hydrogen-bond donors (Lipinski definition) is 0. The summed E-state index contributed by atoms with van der Waals surface area (Å²) in [5.74, 6) is 0. The molecule has 0 aromatic heterocycles. The molecule has 2 aromatic rings. The Hall–Kier alpha value is -3.43. The molecule has 0 atom stereocenters. The Morgan fingerprint density at radius 2 is 1.48 bits per heavy atom. The van der Waals surface area contributed by atoms with E-state index in [-0.39, 0.29) is 17.1 Å². The minimum atomic E-state index is -0.993. The number of aldehydes is 1. The lowest BCUT2D eigenvalue weighted by Gasteiger charge is -2.04. The zero-order valence-corrected chi connectivity index (χ0v) is 10.1. The largest absolute Gasteiger partial charge is 0.297 e. The average molecular weight is 291 g/mol. The van der Waals surface area contributed by atoms with Crippen molar-refractivity contribution in [3.8, 4) is 0 Å². The van der Waals surface area contributed by atoms with Gasteiger partial charge in [-0.1, -0.05) is 6.07 Å². The monoisotopic (exact) mass is 291 g/mol. The van der Waals surface area contributed by atoms with E-state index in [0.29, 0.717) is 0 Å². The SMILES string of the molecule is O=Cc1c([N+](=O)[O-])cc2c([N+](=O)[O-])cccc2c1[N+](=O)[O-]. The van der Waals surface area contributed by atoms with Crippen molar-refractivity contribution in [1.82, 2.24) is 0 Å². The van der Waals surface area contributed by atoms with Gasteiger partial charge in [-0.2, -0.15) is 0 Å². The molecule has 10 nitrogen and oxygen atoms in total. The van der Waals surface area contributed by atoms with Crippen LogP contribution in [0.2, 0.25) is 0 Å². The van der Waals surface area contributed by atoms with E-state index in [0.717, 1.165) is 12.1 Å². The van der Waals surface area contributed by atoms with Gasteiger partial charge in [0.25, 0.3) is 17.1 Å². The highest BCUT2D eigenvalue weighted by Crippen LogP contribution is 2.39. The first-order chi connectivity index (χ1) is 9.88. The van der Waals surface area contributed by atoms with Gasteiger partial charge >= 0.3 is 0 Å². The lowest BCUT2D eigenvalue weighted by molar-refractivity contribution is -0.393. The first-order valence-corrected chi connectivity index (χ1v) is 5.36. The van der Waals surface area contributed by atoms with E-state index in [4.69, 9.17) is 0 Å². The molecule has 0 spiro atoms. The molecule has 2 rings (SSSR count). The molecule has 0 saturated carbocycles. The van der Waals surface area contributed by atoms with Gasteiger partial charge in [0, 0.05) is 12.1 Å². The Morgan fingerprint density at radius 1 is 0.857 bits per heavy atom. The van der Waals surface area contributed by atoms with E-state index in [1.54, 1.807) is 0 Å². The molecule has 0 N–H and O–H groups in total. The van der Waals surface area contributed by atoms with Crippen LogP contribution in [0.4, 0.5) is 17.1 Å². The van der Waals surface area contributed by atoms with Gasteiger partial charge in [-0.25, -0.2) is 0 Å². The Morgan fingerprint density at radius 3 is 1.95 bits per heavy atom. The van der Waals surface area contributed by atoms with E-state index >= 15 is 0 Å². The molecule has 0 amide bonds. The quantitative estimate of drug-likeness (QED) is 0.477. The molecule has 0 aliphatic rings. The zero-order valence-electron chi connectivity index (χ0n) is 10.1. The zero-order chi connectivity index (χ0) is 15.7. The second-order valence-electron chi connectivity index (χ2n) is 3.92. The van der Waals surface area contributed by atoms with Crippen molar-refractivity contribution in [1.29, 1.82) is 0 Å². The minimum Gasteiger partial charge on any atom is -0.297 e. The molecule has 0 radical (unpaired) electrons. The molecule has 0 unspecified atom stereocenters. The van der Waals surface area contributed by atoms with E-state index in [2.05, 4.69) is 0 Å². The van der Waals surface area contributed by atoms with Gasteiger partial charge in [0.2, 0.25) is 0 Å². The van der Waals surface area contributed by atoms with Crippen LogP contribution >= 0.6 is 0 Å². The number of rotatable bonds is 4. The number of benzene rings is 2. The van der Waals surface area contributed by atoms with E-state index in [1.807, 2.05) is 0 Å². The third-order valence-electron chi connectivity index (χ3n) is 2.84. The van der Waals surface area contributed by atoms with E-state index in [1.165, 1.54) is 12.1 Å². The summed E-state index contributed by atoms with van der Waals surface area (Å²) < 4.78 is 0. The number of fused-ring (bicyclic) bond motifs is 1. The van der Waals surface area contributed by atoms with Crippen LogP contribution in [0.1, 0.15) is 10.4 Å². The van der Waals surface area contributed by atoms with Gasteiger partial charge in [-0.15, -0.1) is 0 Å². The van der Waals surface area contributed by atoms with Gasteiger partial charge in [-0.05, 0) is 6.07 Å². The van der Waals surface area contributed by atoms with Crippen molar-refractivity contribution < 1.29 is 19.6 Å². The van der Waals surface area contributed by atoms with Crippen LogP contribution in [0.5, 0.6) is 0 Å². The van der Waals surface area contributed by atoms with Crippen LogP contribution in [0.25, 0.3) is 10.8 Å². The second-order valence-corrected chi connectivity index (χ2v) is 3.92. The number of non-ortho nitro benzene ring substituents is 1. The molecule has 0 bridgehead atoms. The minimum absolute atomic E-state index is 0.00542. The fourth-order valence-corrected chi connectivity index (χ4v) is 2.02. The van der Waals surface area contributed by atoms with Crippen molar-refractivity contribution in [3.05, 3.63) is 60.2 Å². The predicted octanol–water partition coefficient (Wildman–Crippen LogP) is 2.38. The third-order valence-corrected chi connectivity index (χ3v) is 2.84. The maximum atomic E-state index is 11.1. The molecule has 0 aliphatic heterocycles. The maximum absolute atomic E-state index is 11.1. The van der Waals surface area contributed by atoms with Crippen molar-refractivity contribution in [2.45, 2.75) is 0 Å². The summed E-state index contributed by atoms with van der Waals surface area (Å²) in [5, 5.41) is 32.5. The molecular formula is C11H5N3O7. The molecule has 0 saturated heterocycles. The summed E-state index contributed by atoms with van der Waals surface area (Å²) >= 11 is 0. The topological polar surface area (TPSA) is 146 Å². The fourth-order valence-electron chi connectivity index (χ4n) is 2.02. The number of nitro benzene ring substituents is 3. The average Bonchev–Trinajstić information content (AvgIpc) is 2.43. The van der Waals surface area contributed by atoms with Crippen LogP contribution in [0, 0.1) is 30.3 Å². The summed E-state index contributed by atoms with van der Waals surface area (Å²) in [7, 11) is 0. The molecular weight excluding hydrogens is 286 g/mol. The molecule has 0 fully saturated rings. The number of hydrogen-bond acceptors (Lipinski definition) is 7. The van der Waals surface area contributed by atoms with E-state index < -0.39 is 37.4 Å². The summed E-state index contributed by atoms with van der Waals surface area (Å²) in [6, 6.07) is 4.26. The van der Waals surface area contributed by atoms with Crippen LogP contribution < -0.4 is 0 Å². The molecule has 21 heavy (non-hydrogen) atoms. The van der Waals surface area contributed by atoms with Crippen LogP contribution in [0.3, 0.4) is 0 Å². The second kappa shape index (κ2) is 4.92. The Kier molecular flexibility index (Phi) is 3.28. The van der Waals surface area contributed by atoms with Crippen LogP contribution in [-0.2, 0) is 0 Å². The first kappa shape index (κ1) is 14.0. The number of nitrogens with zero attached hydrogens (tertiary/aromatic N) is 3. The highest BCUT2D eigenvalue weighted by Gasteiger charge is 2.31. The molecule has 0 heterocycles. The molecule has 106 valence electrons. The smallest absolute Gasteiger partial charge is 0.294 e. The third kappa shape index (κ3) is 2.14. The van der Waals surface area contributed by atoms with Gasteiger partial charge in [0.15, 0.2) is 11.8 Å². The standard InChI is InChI=1S/C11H5N3O7/c15-5-8-10(13(18)19)4-7-6(11(8)14(20)21)2-1-3-9(7)12(16)17/h1-5H. The van der Waals surface area contributed by atoms with Gasteiger partial charge in [0.1, 0.15) is 0 Å². The van der Waals surface area contributed by atoms with Crippen molar-refractivity contribution in [2.24, 2.45) is 0 Å². The maximum Gasteiger partial charge on any atom is 0.294 e. The Bertz CT molecular complexity index is 815. The Labute approximate surface area is 115 Å². The molecule has 2 aromatic carbocycles. The van der Waals surface area contributed by atoms with Gasteiger partial charge in [-0.3, -0.25) is 35.1 Å². The van der Waals surface area contributed by atoms with Crippen molar-refractivity contribution in [3.63, 3.8) is 0 Å². The van der Waals surface area contributed by atoms with Crippen molar-refractivity contribution >= 4 is 34.1 Å². The summed E-state index contributed by atoms with van der Waals surface area (Å²) in [4.78, 5) is 41.2. The number of carbonyl (C=O) groups excluding carboxylic acids is 1. The first-order valence-electron chi connectivity index (χ1n) is 5.36. The molecule has 10 heteroatoms. The fraction of sp³-hybridized carbons (Fsp3) is 0. The highest BCUT2D eigenvalue weighted by atomic mass is 16.6. The summed E-state index contributed by atoms with van der Waals surface area (Å²) in [6.45, 7) is 0. The van der Waals surface area contributed by atoms with Crippen LogP contribution in [0.15, 0.2) is 24.3 Å². The van der Waals surface area contributed by atoms with E-state index in [9.17, 15) is 35.1 Å². The van der Waals surface area contributed by atoms with Crippen molar-refractivity contribution in [2.75, 3.05) is 0 Å². The summed E-state index contributed by atoms with van der Waals surface area (Å²) in [5.41, 5.74) is -2.91. The van der Waals surface area contributed by atoms with Gasteiger partial charge in [0.05, 0.1) is 25.5 Å². The predicted molar refractivity (Wildman–Crippen MR) is 69.3 cm³/mol. The summed E-state index contributed by atoms with van der Waals surface area (Å²) in [6.07, 6.45) is -0.00542. The molecule has 0 aliphatic carbocycles. The lowest BCUT2D eigenvalue weighted by Crippen LogP contribution is -2.02. The Balaban J connectivity index is 3.10. The normalized spacial score (nSPS) is 10.3. The number of carbonyl (C=O) groups is 1. The van der Waals surface area contributed by atoms with Crippen LogP contribution in [-0.4, -0.2) is 21.1 Å². The highest BCUT2D eigenvalue weighted by molar-refractivity contribution is 6.06. The number of nitro groups is 3. The lowest BCUT2D eigenvalue weighted by atomic mass is 10.0. The van der Waals surface area contributed by atoms with Gasteiger partial charge < -0.3 is 0 Å².